The number of carbonyl (C=O) groups is 1. The van der Waals surface area contributed by atoms with Crippen LogP contribution in [0.5, 0.6) is 0 Å². The summed E-state index contributed by atoms with van der Waals surface area (Å²) in [4.78, 5) is 11.3. The molecular weight excluding hydrogens is 115 g/mol. The molecule has 0 N–H and O–H groups in total. The predicted octanol–water partition coefficient (Wildman–Crippen LogP) is 1.08. The van der Waals surface area contributed by atoms with Gasteiger partial charge in [0.25, 0.3) is 0 Å². The summed E-state index contributed by atoms with van der Waals surface area (Å²) >= 11 is 0. The Morgan fingerprint density at radius 2 is 2.00 bits per heavy atom. The van der Waals surface area contributed by atoms with Gasteiger partial charge in [-0.1, -0.05) is 8.96 Å². The molecule has 7 heavy (non-hydrogen) atoms. The highest BCUT2D eigenvalue weighted by Gasteiger charge is 2.05. The molecule has 0 aromatic rings. The van der Waals surface area contributed by atoms with Gasteiger partial charge >= 0.3 is 6.22 Å². The van der Waals surface area contributed by atoms with Gasteiger partial charge in [0.1, 0.15) is 0 Å². The average molecular weight is 115 g/mol. The molecule has 0 bridgehead atoms. The van der Waals surface area contributed by atoms with E-state index in [1.807, 2.05) is 0 Å². The van der Waals surface area contributed by atoms with Crippen molar-refractivity contribution in [3.8, 4) is 0 Å². The van der Waals surface area contributed by atoms with E-state index in [1.165, 1.54) is 0 Å². The van der Waals surface area contributed by atoms with E-state index in [2.05, 4.69) is 4.84 Å². The van der Waals surface area contributed by atoms with Crippen molar-refractivity contribution in [1.29, 1.82) is 0 Å². The smallest absolute Gasteiger partial charge is 0.282 e. The van der Waals surface area contributed by atoms with Gasteiger partial charge in [0.05, 0.1) is 0 Å². The minimum atomic E-state index is -2.54. The maximum atomic E-state index is 10.6. The van der Waals surface area contributed by atoms with Gasteiger partial charge in [0.15, 0.2) is 0 Å². The molecule has 0 saturated heterocycles. The maximum Gasteiger partial charge on any atom is 0.518 e. The highest BCUT2D eigenvalue weighted by molar-refractivity contribution is 5.57. The third-order valence-corrected chi connectivity index (χ3v) is 0.141. The quantitative estimate of drug-likeness (QED) is 0.291. The Bertz CT molecular complexity index is 73.3. The number of nitrogens with zero attached hydrogens (tertiary/aromatic N) is 1. The predicted molar refractivity (Wildman–Crippen MR) is 11.6 cm³/mol. The Hall–Kier alpha value is -0.780. The zero-order valence-corrected chi connectivity index (χ0v) is 2.90. The van der Waals surface area contributed by atoms with Crippen LogP contribution >= 0.6 is 0 Å². The van der Waals surface area contributed by atoms with Crippen molar-refractivity contribution in [3.05, 3.63) is 0 Å². The standard InChI is InChI=1S/CF3NO2/c2-1(6)7-5(3)4. The normalized spacial score (nSPS) is 9.14. The fraction of sp³-hybridized carbons (Fsp3) is 0. The molecule has 0 rings (SSSR count). The van der Waals surface area contributed by atoms with E-state index in [4.69, 9.17) is 4.79 Å². The second kappa shape index (κ2) is 2.40. The van der Waals surface area contributed by atoms with E-state index < -0.39 is 11.7 Å². The highest BCUT2D eigenvalue weighted by Crippen LogP contribution is 1.92. The van der Waals surface area contributed by atoms with E-state index in [0.717, 1.165) is 0 Å². The summed E-state index contributed by atoms with van der Waals surface area (Å²) in [5.74, 6) is 0. The fourth-order valence-electron chi connectivity index (χ4n) is 0.0543. The lowest BCUT2D eigenvalue weighted by atomic mass is 11.5. The molecule has 42 valence electrons. The largest absolute Gasteiger partial charge is 0.518 e. The van der Waals surface area contributed by atoms with Crippen LogP contribution < -0.4 is 0 Å². The van der Waals surface area contributed by atoms with Crippen LogP contribution in [-0.2, 0) is 4.84 Å². The van der Waals surface area contributed by atoms with Gasteiger partial charge in [-0.25, -0.2) is 4.79 Å². The van der Waals surface area contributed by atoms with Crippen molar-refractivity contribution in [3.63, 3.8) is 0 Å². The molecule has 0 spiro atoms. The first-order valence-corrected chi connectivity index (χ1v) is 1.12. The first kappa shape index (κ1) is 6.22. The van der Waals surface area contributed by atoms with Gasteiger partial charge in [-0.15, -0.1) is 4.39 Å². The molecule has 0 aliphatic rings. The monoisotopic (exact) mass is 115 g/mol. The van der Waals surface area contributed by atoms with Crippen molar-refractivity contribution in [2.45, 2.75) is 0 Å². The second-order valence-electron chi connectivity index (χ2n) is 0.531. The molecule has 0 amide bonds. The van der Waals surface area contributed by atoms with Gasteiger partial charge in [-0.3, -0.25) is 4.84 Å². The van der Waals surface area contributed by atoms with Crippen LogP contribution in [0, 0.1) is 0 Å². The van der Waals surface area contributed by atoms with Crippen molar-refractivity contribution in [1.82, 2.24) is 5.51 Å². The molecule has 3 nitrogen and oxygen atoms in total. The molecule has 0 aromatic heterocycles. The van der Waals surface area contributed by atoms with Crippen LogP contribution in [0.1, 0.15) is 0 Å². The van der Waals surface area contributed by atoms with Gasteiger partial charge in [-0.05, 0) is 0 Å². The van der Waals surface area contributed by atoms with E-state index in [0.29, 0.717) is 0 Å². The van der Waals surface area contributed by atoms with Crippen molar-refractivity contribution in [2.24, 2.45) is 0 Å². The van der Waals surface area contributed by atoms with Crippen LogP contribution in [0.3, 0.4) is 0 Å². The summed E-state index contributed by atoms with van der Waals surface area (Å²) in [5.41, 5.74) is -2.03. The Balaban J connectivity index is 3.13. The number of hydrogen-bond donors (Lipinski definition) is 0. The maximum absolute atomic E-state index is 10.6. The molecular formula is CF3NO2. The summed E-state index contributed by atoms with van der Waals surface area (Å²) in [6.07, 6.45) is -2.54. The second-order valence-corrected chi connectivity index (χ2v) is 0.531. The first-order valence-electron chi connectivity index (χ1n) is 1.12. The van der Waals surface area contributed by atoms with Crippen LogP contribution in [-0.4, -0.2) is 11.7 Å². The first-order chi connectivity index (χ1) is 3.13. The van der Waals surface area contributed by atoms with Crippen LogP contribution in [0.4, 0.5) is 18.1 Å². The van der Waals surface area contributed by atoms with E-state index in [-0.39, 0.29) is 0 Å². The minimum absolute atomic E-state index is 2.03. The SMILES string of the molecule is O=C(F)ON(F)F. The van der Waals surface area contributed by atoms with Gasteiger partial charge in [0, 0.05) is 0 Å². The molecule has 6 heteroatoms. The topological polar surface area (TPSA) is 29.5 Å². The van der Waals surface area contributed by atoms with Gasteiger partial charge in [-0.2, -0.15) is 0 Å². The molecule has 0 aliphatic heterocycles. The van der Waals surface area contributed by atoms with Gasteiger partial charge < -0.3 is 0 Å². The zero-order valence-electron chi connectivity index (χ0n) is 2.90. The number of halogens is 3. The van der Waals surface area contributed by atoms with Crippen molar-refractivity contribution in [2.75, 3.05) is 0 Å². The molecule has 0 radical (unpaired) electrons. The lowest BCUT2D eigenvalue weighted by Gasteiger charge is -1.90. The molecule has 0 fully saturated rings. The zero-order chi connectivity index (χ0) is 5.86. The van der Waals surface area contributed by atoms with E-state index in [9.17, 15) is 13.4 Å². The lowest BCUT2D eigenvalue weighted by Crippen LogP contribution is -2.04. The summed E-state index contributed by atoms with van der Waals surface area (Å²) in [6, 6.07) is 0. The number of carbonyl (C=O) groups excluding carboxylic acids is 1. The fourth-order valence-corrected chi connectivity index (χ4v) is 0.0543. The van der Waals surface area contributed by atoms with E-state index in [1.54, 1.807) is 0 Å². The Morgan fingerprint density at radius 3 is 2.00 bits per heavy atom. The average Bonchev–Trinajstić information content (AvgIpc) is 1.27. The number of rotatable bonds is 1. The summed E-state index contributed by atoms with van der Waals surface area (Å²) in [7, 11) is 0. The molecule has 0 aliphatic carbocycles. The molecule has 0 saturated carbocycles. The Morgan fingerprint density at radius 1 is 1.57 bits per heavy atom. The van der Waals surface area contributed by atoms with Crippen LogP contribution in [0.25, 0.3) is 0 Å². The third kappa shape index (κ3) is 5.22. The van der Waals surface area contributed by atoms with Crippen LogP contribution in [0.2, 0.25) is 0 Å². The minimum Gasteiger partial charge on any atom is -0.282 e. The molecule has 0 heterocycles. The Labute approximate surface area is 36.1 Å². The molecule has 0 atom stereocenters. The van der Waals surface area contributed by atoms with E-state index >= 15 is 0 Å². The summed E-state index contributed by atoms with van der Waals surface area (Å²) in [5, 5.41) is 0. The highest BCUT2D eigenvalue weighted by atomic mass is 19.4. The molecule has 0 unspecified atom stereocenters. The van der Waals surface area contributed by atoms with Crippen LogP contribution in [0.15, 0.2) is 0 Å². The van der Waals surface area contributed by atoms with Gasteiger partial charge in [0.2, 0.25) is 5.51 Å². The van der Waals surface area contributed by atoms with Crippen molar-refractivity contribution < 1.29 is 23.0 Å². The third-order valence-electron chi connectivity index (χ3n) is 0.141. The number of hydrogen-bond acceptors (Lipinski definition) is 3. The summed E-state index contributed by atoms with van der Waals surface area (Å²) in [6.45, 7) is 0. The van der Waals surface area contributed by atoms with Crippen molar-refractivity contribution >= 4 is 6.22 Å². The Kier molecular flexibility index (Phi) is 2.14. The lowest BCUT2D eigenvalue weighted by molar-refractivity contribution is -0.358. The summed E-state index contributed by atoms with van der Waals surface area (Å²) < 4.78 is 31.4. The molecule has 0 aromatic carbocycles.